The number of phenols is 1. The molecule has 2 aromatic carbocycles. The minimum atomic E-state index is -0.223. The fourth-order valence-electron chi connectivity index (χ4n) is 2.47. The molecule has 0 aliphatic heterocycles. The van der Waals surface area contributed by atoms with Gasteiger partial charge >= 0.3 is 0 Å². The molecule has 0 aliphatic rings. The van der Waals surface area contributed by atoms with Crippen LogP contribution in [0, 0.1) is 5.92 Å². The third-order valence-corrected chi connectivity index (χ3v) is 3.68. The Morgan fingerprint density at radius 3 is 2.05 bits per heavy atom. The molecule has 0 spiro atoms. The predicted octanol–water partition coefficient (Wildman–Crippen LogP) is 3.50. The van der Waals surface area contributed by atoms with Crippen LogP contribution in [0.25, 0.3) is 11.1 Å². The Kier molecular flexibility index (Phi) is 4.99. The number of benzene rings is 2. The molecule has 1 unspecified atom stereocenters. The predicted molar refractivity (Wildman–Crippen MR) is 84.8 cm³/mol. The molecule has 0 aromatic heterocycles. The zero-order chi connectivity index (χ0) is 15.2. The van der Waals surface area contributed by atoms with Gasteiger partial charge in [0.25, 0.3) is 0 Å². The summed E-state index contributed by atoms with van der Waals surface area (Å²) in [6.45, 7) is 2.06. The molecule has 21 heavy (non-hydrogen) atoms. The molecule has 3 N–H and O–H groups in total. The van der Waals surface area contributed by atoms with Crippen LogP contribution in [0.1, 0.15) is 25.3 Å². The highest BCUT2D eigenvalue weighted by molar-refractivity contribution is 5.77. The maximum Gasteiger partial charge on any atom is 0.220 e. The number of phenolic OH excluding ortho intramolecular Hbond substituents is 1. The van der Waals surface area contributed by atoms with E-state index in [0.29, 0.717) is 6.42 Å². The van der Waals surface area contributed by atoms with E-state index < -0.39 is 0 Å². The summed E-state index contributed by atoms with van der Waals surface area (Å²) in [5, 5.41) is 9.31. The van der Waals surface area contributed by atoms with Gasteiger partial charge in [-0.1, -0.05) is 49.7 Å². The normalized spacial score (nSPS) is 12.0. The number of primary amides is 1. The first-order valence-electron chi connectivity index (χ1n) is 7.27. The van der Waals surface area contributed by atoms with Crippen molar-refractivity contribution in [1.82, 2.24) is 0 Å². The number of amides is 1. The number of hydrogen-bond donors (Lipinski definition) is 2. The lowest BCUT2D eigenvalue weighted by molar-refractivity contribution is -0.122. The first-order valence-corrected chi connectivity index (χ1v) is 7.27. The van der Waals surface area contributed by atoms with Crippen LogP contribution in [0.5, 0.6) is 5.75 Å². The molecule has 0 bridgehead atoms. The minimum Gasteiger partial charge on any atom is -0.508 e. The van der Waals surface area contributed by atoms with Crippen LogP contribution < -0.4 is 5.73 Å². The Bertz CT molecular complexity index is 588. The molecule has 0 heterocycles. The third-order valence-electron chi connectivity index (χ3n) is 3.68. The first-order chi connectivity index (χ1) is 10.1. The summed E-state index contributed by atoms with van der Waals surface area (Å²) in [7, 11) is 0. The second-order valence-corrected chi connectivity index (χ2v) is 5.34. The van der Waals surface area contributed by atoms with Crippen LogP contribution in [0.4, 0.5) is 0 Å². The van der Waals surface area contributed by atoms with E-state index in [1.165, 1.54) is 0 Å². The number of hydrogen-bond acceptors (Lipinski definition) is 2. The van der Waals surface area contributed by atoms with Crippen LogP contribution in [-0.4, -0.2) is 11.0 Å². The Hall–Kier alpha value is -2.29. The molecule has 0 aliphatic carbocycles. The Morgan fingerprint density at radius 2 is 1.57 bits per heavy atom. The van der Waals surface area contributed by atoms with Gasteiger partial charge in [-0.2, -0.15) is 0 Å². The summed E-state index contributed by atoms with van der Waals surface area (Å²) in [6, 6.07) is 15.3. The van der Waals surface area contributed by atoms with Crippen LogP contribution in [0.2, 0.25) is 0 Å². The number of carbonyl (C=O) groups excluding carboxylic acids is 1. The topological polar surface area (TPSA) is 63.3 Å². The van der Waals surface area contributed by atoms with Crippen molar-refractivity contribution in [2.24, 2.45) is 11.7 Å². The molecule has 2 rings (SSSR count). The van der Waals surface area contributed by atoms with Gasteiger partial charge in [0.05, 0.1) is 0 Å². The van der Waals surface area contributed by atoms with E-state index in [4.69, 9.17) is 5.73 Å². The lowest BCUT2D eigenvalue weighted by atomic mass is 9.93. The second kappa shape index (κ2) is 6.93. The van der Waals surface area contributed by atoms with Crippen LogP contribution in [-0.2, 0) is 11.2 Å². The summed E-state index contributed by atoms with van der Waals surface area (Å²) >= 11 is 0. The standard InChI is InChI=1S/C18H21NO2/c1-2-3-16(18(19)21)12-13-4-6-14(7-5-13)15-8-10-17(20)11-9-15/h4-11,16,20H,2-3,12H2,1H3,(H2,19,21). The molecule has 0 radical (unpaired) electrons. The molecule has 1 atom stereocenters. The molecule has 0 saturated carbocycles. The Labute approximate surface area is 125 Å². The molecular weight excluding hydrogens is 262 g/mol. The van der Waals surface area contributed by atoms with Crippen molar-refractivity contribution in [3.05, 3.63) is 54.1 Å². The molecule has 2 aromatic rings. The largest absolute Gasteiger partial charge is 0.508 e. The van der Waals surface area contributed by atoms with Gasteiger partial charge in [0.1, 0.15) is 5.75 Å². The average Bonchev–Trinajstić information content (AvgIpc) is 2.48. The highest BCUT2D eigenvalue weighted by atomic mass is 16.3. The van der Waals surface area contributed by atoms with E-state index in [1.807, 2.05) is 36.4 Å². The fraction of sp³-hybridized carbons (Fsp3) is 0.278. The summed E-state index contributed by atoms with van der Waals surface area (Å²) in [4.78, 5) is 11.4. The van der Waals surface area contributed by atoms with E-state index in [1.54, 1.807) is 12.1 Å². The van der Waals surface area contributed by atoms with E-state index in [0.717, 1.165) is 29.5 Å². The van der Waals surface area contributed by atoms with Crippen molar-refractivity contribution in [3.8, 4) is 16.9 Å². The van der Waals surface area contributed by atoms with E-state index in [9.17, 15) is 9.90 Å². The molecule has 110 valence electrons. The average molecular weight is 283 g/mol. The van der Waals surface area contributed by atoms with E-state index in [2.05, 4.69) is 6.92 Å². The highest BCUT2D eigenvalue weighted by Crippen LogP contribution is 2.23. The van der Waals surface area contributed by atoms with Gasteiger partial charge in [-0.05, 0) is 41.7 Å². The first kappa shape index (κ1) is 15.1. The van der Waals surface area contributed by atoms with Crippen LogP contribution in [0.3, 0.4) is 0 Å². The molecule has 0 fully saturated rings. The summed E-state index contributed by atoms with van der Waals surface area (Å²) in [6.07, 6.45) is 2.48. The van der Waals surface area contributed by atoms with Crippen molar-refractivity contribution < 1.29 is 9.90 Å². The number of aromatic hydroxyl groups is 1. The maximum atomic E-state index is 11.4. The lowest BCUT2D eigenvalue weighted by Gasteiger charge is -2.12. The lowest BCUT2D eigenvalue weighted by Crippen LogP contribution is -2.24. The summed E-state index contributed by atoms with van der Waals surface area (Å²) in [5.74, 6) is -0.0479. The number of carbonyl (C=O) groups is 1. The van der Waals surface area contributed by atoms with Crippen LogP contribution in [0.15, 0.2) is 48.5 Å². The third kappa shape index (κ3) is 4.09. The zero-order valence-corrected chi connectivity index (χ0v) is 12.3. The highest BCUT2D eigenvalue weighted by Gasteiger charge is 2.14. The zero-order valence-electron chi connectivity index (χ0n) is 12.3. The maximum absolute atomic E-state index is 11.4. The van der Waals surface area contributed by atoms with Gasteiger partial charge in [0.15, 0.2) is 0 Å². The SMILES string of the molecule is CCCC(Cc1ccc(-c2ccc(O)cc2)cc1)C(N)=O. The number of rotatable bonds is 6. The Balaban J connectivity index is 2.11. The van der Waals surface area contributed by atoms with Gasteiger partial charge in [-0.25, -0.2) is 0 Å². The van der Waals surface area contributed by atoms with Gasteiger partial charge < -0.3 is 10.8 Å². The van der Waals surface area contributed by atoms with Crippen molar-refractivity contribution in [2.45, 2.75) is 26.2 Å². The molecule has 1 amide bonds. The van der Waals surface area contributed by atoms with Crippen molar-refractivity contribution in [1.29, 1.82) is 0 Å². The van der Waals surface area contributed by atoms with Gasteiger partial charge in [-0.15, -0.1) is 0 Å². The van der Waals surface area contributed by atoms with Crippen LogP contribution >= 0.6 is 0 Å². The fourth-order valence-corrected chi connectivity index (χ4v) is 2.47. The number of nitrogens with two attached hydrogens (primary N) is 1. The Morgan fingerprint density at radius 1 is 1.05 bits per heavy atom. The molecular formula is C18H21NO2. The van der Waals surface area contributed by atoms with E-state index in [-0.39, 0.29) is 17.6 Å². The quantitative estimate of drug-likeness (QED) is 0.852. The molecule has 3 nitrogen and oxygen atoms in total. The minimum absolute atomic E-state index is 0.0884. The summed E-state index contributed by atoms with van der Waals surface area (Å²) < 4.78 is 0. The molecule has 3 heteroatoms. The van der Waals surface area contributed by atoms with Gasteiger partial charge in [-0.3, -0.25) is 4.79 Å². The van der Waals surface area contributed by atoms with Crippen molar-refractivity contribution in [3.63, 3.8) is 0 Å². The van der Waals surface area contributed by atoms with E-state index >= 15 is 0 Å². The van der Waals surface area contributed by atoms with Crippen molar-refractivity contribution in [2.75, 3.05) is 0 Å². The monoisotopic (exact) mass is 283 g/mol. The summed E-state index contributed by atoms with van der Waals surface area (Å²) in [5.41, 5.74) is 8.71. The van der Waals surface area contributed by atoms with Crippen molar-refractivity contribution >= 4 is 5.91 Å². The van der Waals surface area contributed by atoms with Gasteiger partial charge in [0, 0.05) is 5.92 Å². The molecule has 0 saturated heterocycles. The van der Waals surface area contributed by atoms with Gasteiger partial charge in [0.2, 0.25) is 5.91 Å². The second-order valence-electron chi connectivity index (χ2n) is 5.34. The smallest absolute Gasteiger partial charge is 0.220 e.